The molecule has 0 aliphatic rings. The second-order valence-corrected chi connectivity index (χ2v) is 9.15. The Balaban J connectivity index is 1.88. The molecule has 0 bridgehead atoms. The highest BCUT2D eigenvalue weighted by molar-refractivity contribution is 7.89. The number of nitrogens with one attached hydrogen (secondary N) is 1. The maximum absolute atomic E-state index is 13.1. The predicted molar refractivity (Wildman–Crippen MR) is 114 cm³/mol. The minimum absolute atomic E-state index is 0.230. The van der Waals surface area contributed by atoms with E-state index in [2.05, 4.69) is 4.72 Å². The van der Waals surface area contributed by atoms with Crippen LogP contribution in [0.5, 0.6) is 0 Å². The van der Waals surface area contributed by atoms with Gasteiger partial charge < -0.3 is 9.67 Å². The van der Waals surface area contributed by atoms with Crippen LogP contribution in [0.2, 0.25) is 0 Å². The number of aromatic carboxylic acids is 1. The number of carboxylic acid groups (broad SMARTS) is 1. The topological polar surface area (TPSA) is 88.4 Å². The number of carbonyl (C=O) groups is 1. The van der Waals surface area contributed by atoms with Gasteiger partial charge in [-0.2, -0.15) is 0 Å². The van der Waals surface area contributed by atoms with Crippen molar-refractivity contribution in [2.24, 2.45) is 0 Å². The maximum Gasteiger partial charge on any atom is 0.335 e. The van der Waals surface area contributed by atoms with E-state index in [1.165, 1.54) is 0 Å². The average molecular weight is 415 g/mol. The average Bonchev–Trinajstić information content (AvgIpc) is 3.01. The van der Waals surface area contributed by atoms with Gasteiger partial charge in [0.15, 0.2) is 0 Å². The third-order valence-electron chi connectivity index (χ3n) is 5.12. The van der Waals surface area contributed by atoms with Crippen molar-refractivity contribution in [1.82, 2.24) is 9.29 Å². The number of nitrogens with zero attached hydrogens (tertiary/aromatic N) is 1. The standard InChI is InChI=1S/C22H26N2O4S/c1-5-19(23-29(27,28)21-15(3)10-14(2)11-16(21)4)13-24-9-8-17-12-18(22(25)26)6-7-20(17)24/h6-12,19,23H,5,13H2,1-4H3,(H,25,26)/t19-/m0/s1. The van der Waals surface area contributed by atoms with E-state index >= 15 is 0 Å². The molecule has 0 fully saturated rings. The molecule has 3 rings (SSSR count). The van der Waals surface area contributed by atoms with Gasteiger partial charge in [0.25, 0.3) is 0 Å². The monoisotopic (exact) mass is 414 g/mol. The molecule has 0 aliphatic carbocycles. The van der Waals surface area contributed by atoms with Crippen molar-refractivity contribution in [2.75, 3.05) is 0 Å². The van der Waals surface area contributed by atoms with Gasteiger partial charge in [-0.25, -0.2) is 17.9 Å². The molecule has 29 heavy (non-hydrogen) atoms. The van der Waals surface area contributed by atoms with Crippen LogP contribution in [0.15, 0.2) is 47.5 Å². The molecule has 0 aliphatic heterocycles. The molecule has 0 unspecified atom stereocenters. The fourth-order valence-electron chi connectivity index (χ4n) is 3.85. The molecular weight excluding hydrogens is 388 g/mol. The number of sulfonamides is 1. The molecule has 2 N–H and O–H groups in total. The molecule has 0 radical (unpaired) electrons. The quantitative estimate of drug-likeness (QED) is 0.611. The van der Waals surface area contributed by atoms with Gasteiger partial charge in [0.2, 0.25) is 10.0 Å². The van der Waals surface area contributed by atoms with E-state index in [-0.39, 0.29) is 11.6 Å². The van der Waals surface area contributed by atoms with Gasteiger partial charge in [-0.1, -0.05) is 24.6 Å². The lowest BCUT2D eigenvalue weighted by Gasteiger charge is -2.20. The van der Waals surface area contributed by atoms with E-state index in [4.69, 9.17) is 5.11 Å². The van der Waals surface area contributed by atoms with Gasteiger partial charge in [0, 0.05) is 29.7 Å². The Morgan fingerprint density at radius 3 is 2.34 bits per heavy atom. The number of rotatable bonds is 7. The number of aromatic nitrogens is 1. The zero-order chi connectivity index (χ0) is 21.3. The lowest BCUT2D eigenvalue weighted by Crippen LogP contribution is -2.38. The smallest absolute Gasteiger partial charge is 0.335 e. The first kappa shape index (κ1) is 21.1. The second kappa shape index (κ2) is 8.00. The summed E-state index contributed by atoms with van der Waals surface area (Å²) in [5.41, 5.74) is 3.60. The first-order valence-corrected chi connectivity index (χ1v) is 11.0. The summed E-state index contributed by atoms with van der Waals surface area (Å²) in [5, 5.41) is 9.96. The van der Waals surface area contributed by atoms with Crippen molar-refractivity contribution in [3.8, 4) is 0 Å². The Hall–Kier alpha value is -2.64. The summed E-state index contributed by atoms with van der Waals surface area (Å²) in [7, 11) is -3.67. The van der Waals surface area contributed by atoms with E-state index < -0.39 is 16.0 Å². The molecule has 154 valence electrons. The van der Waals surface area contributed by atoms with E-state index in [1.807, 2.05) is 56.7 Å². The van der Waals surface area contributed by atoms with Gasteiger partial charge >= 0.3 is 5.97 Å². The van der Waals surface area contributed by atoms with Gasteiger partial charge in [0.1, 0.15) is 0 Å². The van der Waals surface area contributed by atoms with Crippen molar-refractivity contribution in [3.05, 3.63) is 64.8 Å². The Bertz CT molecular complexity index is 1160. The number of hydrogen-bond acceptors (Lipinski definition) is 3. The Morgan fingerprint density at radius 1 is 1.10 bits per heavy atom. The van der Waals surface area contributed by atoms with Crippen molar-refractivity contribution < 1.29 is 18.3 Å². The molecule has 3 aromatic rings. The fraction of sp³-hybridized carbons (Fsp3) is 0.318. The third-order valence-corrected chi connectivity index (χ3v) is 6.95. The van der Waals surface area contributed by atoms with Crippen LogP contribution in [0.3, 0.4) is 0 Å². The first-order chi connectivity index (χ1) is 13.6. The molecule has 0 saturated carbocycles. The summed E-state index contributed by atoms with van der Waals surface area (Å²) < 4.78 is 31.0. The highest BCUT2D eigenvalue weighted by atomic mass is 32.2. The van der Waals surface area contributed by atoms with E-state index in [9.17, 15) is 13.2 Å². The molecule has 1 atom stereocenters. The second-order valence-electron chi connectivity index (χ2n) is 7.50. The first-order valence-electron chi connectivity index (χ1n) is 9.54. The van der Waals surface area contributed by atoms with Gasteiger partial charge in [-0.05, 0) is 62.6 Å². The zero-order valence-corrected chi connectivity index (χ0v) is 17.9. The van der Waals surface area contributed by atoms with E-state index in [1.54, 1.807) is 18.2 Å². The molecule has 1 heterocycles. The Labute approximate surface area is 171 Å². The highest BCUT2D eigenvalue weighted by Gasteiger charge is 2.23. The Morgan fingerprint density at radius 2 is 1.76 bits per heavy atom. The molecule has 7 heteroatoms. The van der Waals surface area contributed by atoms with Crippen LogP contribution in [0.4, 0.5) is 0 Å². The molecule has 0 saturated heterocycles. The minimum atomic E-state index is -3.67. The number of aryl methyl sites for hydroxylation is 3. The summed E-state index contributed by atoms with van der Waals surface area (Å²) >= 11 is 0. The number of benzene rings is 2. The van der Waals surface area contributed by atoms with Crippen LogP contribution in [0.25, 0.3) is 10.9 Å². The summed E-state index contributed by atoms with van der Waals surface area (Å²) in [4.78, 5) is 11.5. The molecule has 0 amide bonds. The molecular formula is C22H26N2O4S. The highest BCUT2D eigenvalue weighted by Crippen LogP contribution is 2.23. The van der Waals surface area contributed by atoms with Crippen molar-refractivity contribution in [1.29, 1.82) is 0 Å². The third kappa shape index (κ3) is 4.36. The van der Waals surface area contributed by atoms with E-state index in [0.29, 0.717) is 17.9 Å². The van der Waals surface area contributed by atoms with Crippen molar-refractivity contribution in [2.45, 2.75) is 51.6 Å². The summed E-state index contributed by atoms with van der Waals surface area (Å²) in [6.07, 6.45) is 2.48. The summed E-state index contributed by atoms with van der Waals surface area (Å²) in [6, 6.07) is 10.2. The predicted octanol–water partition coefficient (Wildman–Crippen LogP) is 4.02. The Kier molecular flexibility index (Phi) is 5.82. The van der Waals surface area contributed by atoms with Crippen LogP contribution in [0.1, 0.15) is 40.4 Å². The van der Waals surface area contributed by atoms with Crippen LogP contribution in [0, 0.1) is 20.8 Å². The van der Waals surface area contributed by atoms with E-state index in [0.717, 1.165) is 27.6 Å². The summed E-state index contributed by atoms with van der Waals surface area (Å²) in [6.45, 7) is 7.97. The molecule has 1 aromatic heterocycles. The molecule has 6 nitrogen and oxygen atoms in total. The normalized spacial score (nSPS) is 13.0. The minimum Gasteiger partial charge on any atom is -0.478 e. The number of hydrogen-bond donors (Lipinski definition) is 2. The van der Waals surface area contributed by atoms with Crippen LogP contribution in [-0.2, 0) is 16.6 Å². The van der Waals surface area contributed by atoms with Crippen molar-refractivity contribution in [3.63, 3.8) is 0 Å². The van der Waals surface area contributed by atoms with Crippen molar-refractivity contribution >= 4 is 26.9 Å². The van der Waals surface area contributed by atoms with Gasteiger partial charge in [0.05, 0.1) is 10.5 Å². The maximum atomic E-state index is 13.1. The molecule has 0 spiro atoms. The van der Waals surface area contributed by atoms with Gasteiger partial charge in [-0.3, -0.25) is 0 Å². The SMILES string of the molecule is CC[C@@H](Cn1ccc2cc(C(=O)O)ccc21)NS(=O)(=O)c1c(C)cc(C)cc1C. The number of fused-ring (bicyclic) bond motifs is 1. The molecule has 2 aromatic carbocycles. The summed E-state index contributed by atoms with van der Waals surface area (Å²) in [5.74, 6) is -0.970. The fourth-order valence-corrected chi connectivity index (χ4v) is 5.61. The van der Waals surface area contributed by atoms with Gasteiger partial charge in [-0.15, -0.1) is 0 Å². The largest absolute Gasteiger partial charge is 0.478 e. The van der Waals surface area contributed by atoms with Crippen LogP contribution >= 0.6 is 0 Å². The lowest BCUT2D eigenvalue weighted by molar-refractivity contribution is 0.0697. The lowest BCUT2D eigenvalue weighted by atomic mass is 10.1. The zero-order valence-electron chi connectivity index (χ0n) is 17.1. The van der Waals surface area contributed by atoms with Crippen LogP contribution in [-0.4, -0.2) is 30.1 Å². The number of carboxylic acids is 1. The van der Waals surface area contributed by atoms with Crippen LogP contribution < -0.4 is 4.72 Å².